The van der Waals surface area contributed by atoms with Crippen molar-refractivity contribution in [3.05, 3.63) is 60.2 Å². The minimum absolute atomic E-state index is 0.00510. The van der Waals surface area contributed by atoms with Gasteiger partial charge in [0.05, 0.1) is 15.9 Å². The minimum Gasteiger partial charge on any atom is -0.325 e. The molecule has 4 rings (SSSR count). The van der Waals surface area contributed by atoms with Crippen LogP contribution in [0.2, 0.25) is 0 Å². The zero-order chi connectivity index (χ0) is 19.9. The summed E-state index contributed by atoms with van der Waals surface area (Å²) in [4.78, 5) is 4.85. The molecule has 2 heterocycles. The van der Waals surface area contributed by atoms with Crippen LogP contribution in [-0.2, 0) is 10.0 Å². The monoisotopic (exact) mass is 401 g/mol. The van der Waals surface area contributed by atoms with E-state index < -0.39 is 15.8 Å². The van der Waals surface area contributed by atoms with Crippen LogP contribution in [-0.4, -0.2) is 35.4 Å². The van der Waals surface area contributed by atoms with Gasteiger partial charge >= 0.3 is 0 Å². The van der Waals surface area contributed by atoms with Gasteiger partial charge in [0.25, 0.3) is 0 Å². The fourth-order valence-electron chi connectivity index (χ4n) is 4.04. The molecule has 3 aromatic rings. The Hall–Kier alpha value is -2.25. The van der Waals surface area contributed by atoms with Crippen molar-refractivity contribution < 1.29 is 12.8 Å². The van der Waals surface area contributed by atoms with Crippen molar-refractivity contribution in [2.75, 3.05) is 13.1 Å². The van der Waals surface area contributed by atoms with Crippen molar-refractivity contribution in [1.82, 2.24) is 13.9 Å². The maximum Gasteiger partial charge on any atom is 0.243 e. The van der Waals surface area contributed by atoms with Crippen molar-refractivity contribution in [3.8, 4) is 0 Å². The largest absolute Gasteiger partial charge is 0.325 e. The molecule has 1 atom stereocenters. The fourth-order valence-corrected chi connectivity index (χ4v) is 5.60. The van der Waals surface area contributed by atoms with Crippen LogP contribution >= 0.6 is 0 Å². The lowest BCUT2D eigenvalue weighted by Gasteiger charge is -2.32. The van der Waals surface area contributed by atoms with E-state index in [0.717, 1.165) is 35.8 Å². The zero-order valence-electron chi connectivity index (χ0n) is 16.0. The number of rotatable bonds is 4. The van der Waals surface area contributed by atoms with Crippen molar-refractivity contribution in [2.45, 2.75) is 43.5 Å². The van der Waals surface area contributed by atoms with Crippen molar-refractivity contribution in [1.29, 1.82) is 0 Å². The van der Waals surface area contributed by atoms with E-state index in [9.17, 15) is 12.8 Å². The summed E-state index contributed by atoms with van der Waals surface area (Å²) in [7, 11) is -3.73. The second kappa shape index (κ2) is 7.29. The van der Waals surface area contributed by atoms with E-state index >= 15 is 0 Å². The van der Waals surface area contributed by atoms with Crippen molar-refractivity contribution >= 4 is 21.1 Å². The Kier molecular flexibility index (Phi) is 4.97. The van der Waals surface area contributed by atoms with E-state index in [2.05, 4.69) is 24.5 Å². The molecule has 0 saturated carbocycles. The number of hydrogen-bond donors (Lipinski definition) is 0. The Bertz CT molecular complexity index is 1110. The molecule has 0 amide bonds. The van der Waals surface area contributed by atoms with Gasteiger partial charge < -0.3 is 4.57 Å². The van der Waals surface area contributed by atoms with Gasteiger partial charge in [-0.05, 0) is 57.0 Å². The second-order valence-electron chi connectivity index (χ2n) is 7.58. The van der Waals surface area contributed by atoms with Gasteiger partial charge in [-0.1, -0.05) is 18.2 Å². The smallest absolute Gasteiger partial charge is 0.243 e. The Morgan fingerprint density at radius 3 is 2.68 bits per heavy atom. The van der Waals surface area contributed by atoms with Crippen molar-refractivity contribution in [2.24, 2.45) is 0 Å². The van der Waals surface area contributed by atoms with Crippen LogP contribution < -0.4 is 0 Å². The summed E-state index contributed by atoms with van der Waals surface area (Å²) in [6.07, 6.45) is 1.63. The van der Waals surface area contributed by atoms with Gasteiger partial charge in [0.2, 0.25) is 10.0 Å². The lowest BCUT2D eigenvalue weighted by Crippen LogP contribution is -2.39. The third kappa shape index (κ3) is 3.33. The Morgan fingerprint density at radius 1 is 1.14 bits per heavy atom. The van der Waals surface area contributed by atoms with Crippen LogP contribution in [0.25, 0.3) is 11.0 Å². The standard InChI is InChI=1S/C21H24FN3O2S/c1-15(2)25-20-11-4-3-10-19(20)23-21(25)16-7-6-12-24(14-16)28(26,27)18-9-5-8-17(22)13-18/h3-5,8-11,13,15-16H,6-7,12,14H2,1-2H3/t16-/m0/s1. The van der Waals surface area contributed by atoms with Gasteiger partial charge in [-0.15, -0.1) is 0 Å². The third-order valence-electron chi connectivity index (χ3n) is 5.32. The Labute approximate surface area is 164 Å². The first-order chi connectivity index (χ1) is 13.4. The third-order valence-corrected chi connectivity index (χ3v) is 7.18. The highest BCUT2D eigenvalue weighted by atomic mass is 32.2. The summed E-state index contributed by atoms with van der Waals surface area (Å²) in [5.41, 5.74) is 1.99. The molecule has 1 saturated heterocycles. The predicted molar refractivity (Wildman–Crippen MR) is 107 cm³/mol. The summed E-state index contributed by atoms with van der Waals surface area (Å²) in [5.74, 6) is 0.387. The fraction of sp³-hybridized carbons (Fsp3) is 0.381. The number of benzene rings is 2. The van der Waals surface area contributed by atoms with Crippen LogP contribution in [0.15, 0.2) is 53.4 Å². The maximum absolute atomic E-state index is 13.6. The molecule has 28 heavy (non-hydrogen) atoms. The summed E-state index contributed by atoms with van der Waals surface area (Å²) in [6, 6.07) is 13.4. The van der Waals surface area contributed by atoms with Gasteiger partial charge in [-0.3, -0.25) is 0 Å². The Morgan fingerprint density at radius 2 is 1.93 bits per heavy atom. The number of imidazole rings is 1. The van der Waals surface area contributed by atoms with Crippen LogP contribution in [0.1, 0.15) is 44.5 Å². The molecule has 1 fully saturated rings. The van der Waals surface area contributed by atoms with E-state index in [0.29, 0.717) is 13.1 Å². The Balaban J connectivity index is 1.70. The van der Waals surface area contributed by atoms with Gasteiger partial charge in [-0.25, -0.2) is 17.8 Å². The van der Waals surface area contributed by atoms with Gasteiger partial charge in [0.15, 0.2) is 0 Å². The topological polar surface area (TPSA) is 55.2 Å². The molecule has 1 aliphatic rings. The summed E-state index contributed by atoms with van der Waals surface area (Å²) in [5, 5.41) is 0. The molecule has 0 aliphatic carbocycles. The number of hydrogen-bond acceptors (Lipinski definition) is 3. The number of nitrogens with zero attached hydrogens (tertiary/aromatic N) is 3. The van der Waals surface area contributed by atoms with Gasteiger partial charge in [-0.2, -0.15) is 4.31 Å². The molecule has 0 N–H and O–H groups in total. The molecule has 5 nitrogen and oxygen atoms in total. The predicted octanol–water partition coefficient (Wildman–Crippen LogP) is 4.32. The highest BCUT2D eigenvalue weighted by Gasteiger charge is 2.33. The first kappa shape index (κ1) is 19.1. The van der Waals surface area contributed by atoms with E-state index in [1.54, 1.807) is 0 Å². The lowest BCUT2D eigenvalue weighted by atomic mass is 9.98. The number of sulfonamides is 1. The SMILES string of the molecule is CC(C)n1c([C@H]2CCCN(S(=O)(=O)c3cccc(F)c3)C2)nc2ccccc21. The summed E-state index contributed by atoms with van der Waals surface area (Å²) in [6.45, 7) is 5.02. The highest BCUT2D eigenvalue weighted by molar-refractivity contribution is 7.89. The molecular weight excluding hydrogens is 377 g/mol. The number of fused-ring (bicyclic) bond motifs is 1. The van der Waals surface area contributed by atoms with E-state index in [1.807, 2.05) is 18.2 Å². The summed E-state index contributed by atoms with van der Waals surface area (Å²) < 4.78 is 43.3. The van der Waals surface area contributed by atoms with E-state index in [1.165, 1.54) is 22.5 Å². The average molecular weight is 402 g/mol. The highest BCUT2D eigenvalue weighted by Crippen LogP contribution is 2.33. The zero-order valence-corrected chi connectivity index (χ0v) is 16.9. The quantitative estimate of drug-likeness (QED) is 0.654. The van der Waals surface area contributed by atoms with Gasteiger partial charge in [0, 0.05) is 25.0 Å². The van der Waals surface area contributed by atoms with E-state index in [4.69, 9.17) is 4.98 Å². The summed E-state index contributed by atoms with van der Waals surface area (Å²) >= 11 is 0. The first-order valence-corrected chi connectivity index (χ1v) is 11.0. The number of aromatic nitrogens is 2. The molecule has 2 aromatic carbocycles. The second-order valence-corrected chi connectivity index (χ2v) is 9.52. The number of para-hydroxylation sites is 2. The molecule has 1 aliphatic heterocycles. The molecule has 148 valence electrons. The lowest BCUT2D eigenvalue weighted by molar-refractivity contribution is 0.303. The normalized spacial score (nSPS) is 18.8. The minimum atomic E-state index is -3.73. The van der Waals surface area contributed by atoms with Crippen LogP contribution in [0.4, 0.5) is 4.39 Å². The van der Waals surface area contributed by atoms with E-state index in [-0.39, 0.29) is 16.9 Å². The molecule has 0 spiro atoms. The number of halogens is 1. The maximum atomic E-state index is 13.6. The average Bonchev–Trinajstić information content (AvgIpc) is 3.08. The molecular formula is C21H24FN3O2S. The molecule has 7 heteroatoms. The van der Waals surface area contributed by atoms with Gasteiger partial charge in [0.1, 0.15) is 11.6 Å². The molecule has 0 bridgehead atoms. The van der Waals surface area contributed by atoms with Crippen molar-refractivity contribution in [3.63, 3.8) is 0 Å². The molecule has 1 aromatic heterocycles. The molecule has 0 radical (unpaired) electrons. The molecule has 0 unspecified atom stereocenters. The number of piperidine rings is 1. The van der Waals surface area contributed by atoms with Crippen LogP contribution in [0, 0.1) is 5.82 Å². The van der Waals surface area contributed by atoms with Crippen LogP contribution in [0.5, 0.6) is 0 Å². The first-order valence-electron chi connectivity index (χ1n) is 9.60. The van der Waals surface area contributed by atoms with Crippen LogP contribution in [0.3, 0.4) is 0 Å².